The third-order valence-electron chi connectivity index (χ3n) is 1.73. The van der Waals surface area contributed by atoms with Crippen LogP contribution < -0.4 is 4.74 Å². The Morgan fingerprint density at radius 2 is 2.17 bits per heavy atom. The van der Waals surface area contributed by atoms with Crippen molar-refractivity contribution in [3.05, 3.63) is 22.2 Å². The first-order valence-electron chi connectivity index (χ1n) is 3.74. The van der Waals surface area contributed by atoms with E-state index in [-0.39, 0.29) is 0 Å². The highest BCUT2D eigenvalue weighted by Crippen LogP contribution is 2.32. The summed E-state index contributed by atoms with van der Waals surface area (Å²) in [5, 5.41) is 9.43. The SMILES string of the molecule is CCc1cc(OC)c(Br)cc1O. The summed E-state index contributed by atoms with van der Waals surface area (Å²) < 4.78 is 5.86. The first-order chi connectivity index (χ1) is 5.69. The third kappa shape index (κ3) is 1.72. The molecule has 0 saturated heterocycles. The van der Waals surface area contributed by atoms with Gasteiger partial charge in [-0.15, -0.1) is 0 Å². The number of benzene rings is 1. The Labute approximate surface area is 80.3 Å². The van der Waals surface area contributed by atoms with Crippen molar-refractivity contribution in [1.29, 1.82) is 0 Å². The second-order valence-corrected chi connectivity index (χ2v) is 3.32. The molecule has 0 radical (unpaired) electrons. The number of halogens is 1. The van der Waals surface area contributed by atoms with E-state index in [9.17, 15) is 5.11 Å². The second-order valence-electron chi connectivity index (χ2n) is 2.47. The summed E-state index contributed by atoms with van der Waals surface area (Å²) in [4.78, 5) is 0. The Morgan fingerprint density at radius 3 is 2.67 bits per heavy atom. The Bertz CT molecular complexity index is 259. The van der Waals surface area contributed by atoms with Gasteiger partial charge in [0.2, 0.25) is 0 Å². The van der Waals surface area contributed by atoms with Gasteiger partial charge in [0.1, 0.15) is 11.5 Å². The summed E-state index contributed by atoms with van der Waals surface area (Å²) in [6.45, 7) is 1.99. The van der Waals surface area contributed by atoms with Crippen LogP contribution in [0, 0.1) is 0 Å². The average molecular weight is 231 g/mol. The predicted molar refractivity (Wildman–Crippen MR) is 51.7 cm³/mol. The van der Waals surface area contributed by atoms with Crippen LogP contribution in [0.25, 0.3) is 0 Å². The highest BCUT2D eigenvalue weighted by atomic mass is 79.9. The molecule has 0 unspecified atom stereocenters. The van der Waals surface area contributed by atoms with Gasteiger partial charge in [0.15, 0.2) is 0 Å². The molecule has 0 fully saturated rings. The highest BCUT2D eigenvalue weighted by Gasteiger charge is 2.05. The molecule has 0 heterocycles. The van der Waals surface area contributed by atoms with E-state index in [4.69, 9.17) is 4.74 Å². The fourth-order valence-electron chi connectivity index (χ4n) is 1.02. The zero-order valence-electron chi connectivity index (χ0n) is 7.10. The lowest BCUT2D eigenvalue weighted by molar-refractivity contribution is 0.408. The Balaban J connectivity index is 3.18. The van der Waals surface area contributed by atoms with Crippen LogP contribution in [0.1, 0.15) is 12.5 Å². The number of hydrogen-bond acceptors (Lipinski definition) is 2. The zero-order chi connectivity index (χ0) is 9.14. The lowest BCUT2D eigenvalue weighted by atomic mass is 10.1. The lowest BCUT2D eigenvalue weighted by Crippen LogP contribution is -1.88. The molecule has 0 spiro atoms. The molecule has 0 aliphatic rings. The van der Waals surface area contributed by atoms with Gasteiger partial charge in [-0.25, -0.2) is 0 Å². The van der Waals surface area contributed by atoms with Gasteiger partial charge in [0, 0.05) is 0 Å². The van der Waals surface area contributed by atoms with Crippen molar-refractivity contribution in [2.75, 3.05) is 7.11 Å². The minimum absolute atomic E-state index is 0.310. The maximum absolute atomic E-state index is 9.43. The van der Waals surface area contributed by atoms with Crippen LogP contribution in [0.15, 0.2) is 16.6 Å². The second kappa shape index (κ2) is 3.81. The fraction of sp³-hybridized carbons (Fsp3) is 0.333. The van der Waals surface area contributed by atoms with Crippen molar-refractivity contribution in [1.82, 2.24) is 0 Å². The molecule has 0 aliphatic carbocycles. The number of phenolic OH excluding ortho intramolecular Hbond substituents is 1. The highest BCUT2D eigenvalue weighted by molar-refractivity contribution is 9.10. The van der Waals surface area contributed by atoms with Crippen LogP contribution in [0.4, 0.5) is 0 Å². The van der Waals surface area contributed by atoms with Crippen molar-refractivity contribution in [3.8, 4) is 11.5 Å². The van der Waals surface area contributed by atoms with Crippen LogP contribution >= 0.6 is 15.9 Å². The number of methoxy groups -OCH3 is 1. The topological polar surface area (TPSA) is 29.5 Å². The van der Waals surface area contributed by atoms with Crippen molar-refractivity contribution in [2.24, 2.45) is 0 Å². The molecule has 66 valence electrons. The van der Waals surface area contributed by atoms with E-state index in [0.717, 1.165) is 22.2 Å². The summed E-state index contributed by atoms with van der Waals surface area (Å²) in [6, 6.07) is 3.48. The molecule has 1 N–H and O–H groups in total. The summed E-state index contributed by atoms with van der Waals surface area (Å²) in [5.41, 5.74) is 0.898. The van der Waals surface area contributed by atoms with Crippen LogP contribution in [-0.4, -0.2) is 12.2 Å². The fourth-order valence-corrected chi connectivity index (χ4v) is 1.52. The first-order valence-corrected chi connectivity index (χ1v) is 4.53. The third-order valence-corrected chi connectivity index (χ3v) is 2.35. The van der Waals surface area contributed by atoms with Gasteiger partial charge < -0.3 is 9.84 Å². The molecular weight excluding hydrogens is 220 g/mol. The number of aryl methyl sites for hydroxylation is 1. The molecule has 0 amide bonds. The lowest BCUT2D eigenvalue weighted by Gasteiger charge is -2.07. The molecule has 1 aromatic carbocycles. The summed E-state index contributed by atoms with van der Waals surface area (Å²) in [5.74, 6) is 1.06. The van der Waals surface area contributed by atoms with E-state index in [0.29, 0.717) is 5.75 Å². The molecule has 0 aliphatic heterocycles. The van der Waals surface area contributed by atoms with E-state index in [1.54, 1.807) is 13.2 Å². The number of ether oxygens (including phenoxy) is 1. The maximum atomic E-state index is 9.43. The van der Waals surface area contributed by atoms with Crippen LogP contribution in [0.2, 0.25) is 0 Å². The minimum Gasteiger partial charge on any atom is -0.508 e. The van der Waals surface area contributed by atoms with Crippen molar-refractivity contribution in [2.45, 2.75) is 13.3 Å². The predicted octanol–water partition coefficient (Wildman–Crippen LogP) is 2.73. The molecule has 1 aromatic rings. The van der Waals surface area contributed by atoms with Crippen LogP contribution in [-0.2, 0) is 6.42 Å². The quantitative estimate of drug-likeness (QED) is 0.847. The monoisotopic (exact) mass is 230 g/mol. The molecule has 2 nitrogen and oxygen atoms in total. The van der Waals surface area contributed by atoms with Gasteiger partial charge in [-0.2, -0.15) is 0 Å². The molecule has 0 aromatic heterocycles. The number of aromatic hydroxyl groups is 1. The maximum Gasteiger partial charge on any atom is 0.133 e. The first kappa shape index (κ1) is 9.39. The molecule has 3 heteroatoms. The largest absolute Gasteiger partial charge is 0.508 e. The molecule has 1 rings (SSSR count). The molecule has 0 bridgehead atoms. The van der Waals surface area contributed by atoms with Crippen LogP contribution in [0.5, 0.6) is 11.5 Å². The summed E-state index contributed by atoms with van der Waals surface area (Å²) in [7, 11) is 1.61. The van der Waals surface area contributed by atoms with Crippen molar-refractivity contribution < 1.29 is 9.84 Å². The van der Waals surface area contributed by atoms with Crippen molar-refractivity contribution in [3.63, 3.8) is 0 Å². The van der Waals surface area contributed by atoms with Crippen LogP contribution in [0.3, 0.4) is 0 Å². The van der Waals surface area contributed by atoms with Gasteiger partial charge in [0.25, 0.3) is 0 Å². The Hall–Kier alpha value is -0.700. The van der Waals surface area contributed by atoms with E-state index in [1.165, 1.54) is 0 Å². The van der Waals surface area contributed by atoms with Gasteiger partial charge in [-0.3, -0.25) is 0 Å². The van der Waals surface area contributed by atoms with E-state index in [2.05, 4.69) is 15.9 Å². The number of rotatable bonds is 2. The number of hydrogen-bond donors (Lipinski definition) is 1. The summed E-state index contributed by atoms with van der Waals surface area (Å²) >= 11 is 3.29. The van der Waals surface area contributed by atoms with Gasteiger partial charge >= 0.3 is 0 Å². The van der Waals surface area contributed by atoms with Crippen molar-refractivity contribution >= 4 is 15.9 Å². The van der Waals surface area contributed by atoms with Gasteiger partial charge in [-0.05, 0) is 40.0 Å². The Morgan fingerprint density at radius 1 is 1.50 bits per heavy atom. The standard InChI is InChI=1S/C9H11BrO2/c1-3-6-4-9(12-2)7(10)5-8(6)11/h4-5,11H,3H2,1-2H3. The Kier molecular flexibility index (Phi) is 2.98. The molecule has 0 atom stereocenters. The van der Waals surface area contributed by atoms with Gasteiger partial charge in [0.05, 0.1) is 11.6 Å². The number of phenols is 1. The minimum atomic E-state index is 0.310. The van der Waals surface area contributed by atoms with E-state index >= 15 is 0 Å². The van der Waals surface area contributed by atoms with E-state index in [1.807, 2.05) is 13.0 Å². The molecule has 12 heavy (non-hydrogen) atoms. The van der Waals surface area contributed by atoms with E-state index < -0.39 is 0 Å². The molecule has 0 saturated carbocycles. The smallest absolute Gasteiger partial charge is 0.133 e. The van der Waals surface area contributed by atoms with Gasteiger partial charge in [-0.1, -0.05) is 6.92 Å². The zero-order valence-corrected chi connectivity index (χ0v) is 8.68. The molecular formula is C9H11BrO2. The summed E-state index contributed by atoms with van der Waals surface area (Å²) in [6.07, 6.45) is 0.801. The normalized spacial score (nSPS) is 9.92. The average Bonchev–Trinajstić information content (AvgIpc) is 2.05.